The number of hydrogen-bond donors (Lipinski definition) is 0. The molecule has 0 saturated carbocycles. The Kier molecular flexibility index (Phi) is 3.99. The largest absolute Gasteiger partial charge is 0.497 e. The Bertz CT molecular complexity index is 1020. The predicted molar refractivity (Wildman–Crippen MR) is 106 cm³/mol. The molecule has 0 unspecified atom stereocenters. The molecule has 0 spiro atoms. The van der Waals surface area contributed by atoms with E-state index in [0.29, 0.717) is 0 Å². The van der Waals surface area contributed by atoms with Crippen LogP contribution in [-0.2, 0) is 0 Å². The van der Waals surface area contributed by atoms with E-state index in [1.54, 1.807) is 7.11 Å². The van der Waals surface area contributed by atoms with Gasteiger partial charge in [-0.05, 0) is 52.1 Å². The maximum atomic E-state index is 5.33. The maximum absolute atomic E-state index is 5.33. The molecule has 0 radical (unpaired) electrons. The molecule has 122 valence electrons. The Balaban J connectivity index is 2.04. The first-order chi connectivity index (χ1) is 12.3. The summed E-state index contributed by atoms with van der Waals surface area (Å²) in [5.74, 6) is 0.876. The molecule has 4 aromatic carbocycles. The zero-order valence-electron chi connectivity index (χ0n) is 14.5. The van der Waals surface area contributed by atoms with Crippen LogP contribution in [-0.4, -0.2) is 7.11 Å². The monoisotopic (exact) mass is 324 g/mol. The normalized spacial score (nSPS) is 10.8. The van der Waals surface area contributed by atoms with E-state index in [9.17, 15) is 0 Å². The number of fused-ring (bicyclic) bond motifs is 1. The SMILES string of the molecule is COc1ccc(-c2c(-c3ccccc3)ccc3ccc(C)cc23)cc1. The quantitative estimate of drug-likeness (QED) is 0.418. The lowest BCUT2D eigenvalue weighted by molar-refractivity contribution is 0.415. The minimum Gasteiger partial charge on any atom is -0.497 e. The van der Waals surface area contributed by atoms with Gasteiger partial charge < -0.3 is 4.74 Å². The molecule has 0 atom stereocenters. The average Bonchev–Trinajstić information content (AvgIpc) is 2.68. The van der Waals surface area contributed by atoms with E-state index in [4.69, 9.17) is 4.74 Å². The Hall–Kier alpha value is -3.06. The molecule has 0 heterocycles. The lowest BCUT2D eigenvalue weighted by Crippen LogP contribution is -1.89. The van der Waals surface area contributed by atoms with Crippen LogP contribution >= 0.6 is 0 Å². The van der Waals surface area contributed by atoms with Crippen molar-refractivity contribution in [2.45, 2.75) is 6.92 Å². The molecule has 0 saturated heterocycles. The van der Waals surface area contributed by atoms with Crippen LogP contribution < -0.4 is 4.74 Å². The van der Waals surface area contributed by atoms with Crippen LogP contribution in [0.1, 0.15) is 5.56 Å². The van der Waals surface area contributed by atoms with Crippen LogP contribution in [0.4, 0.5) is 0 Å². The van der Waals surface area contributed by atoms with E-state index in [1.807, 2.05) is 12.1 Å². The number of ether oxygens (including phenoxy) is 1. The second-order valence-corrected chi connectivity index (χ2v) is 6.31. The topological polar surface area (TPSA) is 9.23 Å². The van der Waals surface area contributed by atoms with Crippen molar-refractivity contribution < 1.29 is 4.74 Å². The molecule has 0 aromatic heterocycles. The van der Waals surface area contributed by atoms with Crippen LogP contribution in [0.15, 0.2) is 84.9 Å². The average molecular weight is 324 g/mol. The zero-order chi connectivity index (χ0) is 17.2. The highest BCUT2D eigenvalue weighted by Gasteiger charge is 2.12. The van der Waals surface area contributed by atoms with Gasteiger partial charge in [0.2, 0.25) is 0 Å². The zero-order valence-corrected chi connectivity index (χ0v) is 14.5. The first kappa shape index (κ1) is 15.5. The number of aryl methyl sites for hydroxylation is 1. The Morgan fingerprint density at radius 3 is 2.12 bits per heavy atom. The number of benzene rings is 4. The summed E-state index contributed by atoms with van der Waals surface area (Å²) >= 11 is 0. The summed E-state index contributed by atoms with van der Waals surface area (Å²) in [7, 11) is 1.70. The van der Waals surface area contributed by atoms with Crippen LogP contribution in [0.5, 0.6) is 5.75 Å². The standard InChI is InChI=1S/C24H20O/c1-17-8-9-19-12-15-22(18-6-4-3-5-7-18)24(23(19)16-17)20-10-13-21(25-2)14-11-20/h3-16H,1-2H3. The summed E-state index contributed by atoms with van der Waals surface area (Å²) in [6.07, 6.45) is 0. The van der Waals surface area contributed by atoms with Gasteiger partial charge in [0.05, 0.1) is 7.11 Å². The highest BCUT2D eigenvalue weighted by molar-refractivity contribution is 6.04. The van der Waals surface area contributed by atoms with E-state index in [0.717, 1.165) is 5.75 Å². The van der Waals surface area contributed by atoms with Crippen molar-refractivity contribution in [2.75, 3.05) is 7.11 Å². The van der Waals surface area contributed by atoms with Gasteiger partial charge in [-0.15, -0.1) is 0 Å². The minimum atomic E-state index is 0.876. The van der Waals surface area contributed by atoms with Gasteiger partial charge in [0.1, 0.15) is 5.75 Å². The molecule has 4 aromatic rings. The Morgan fingerprint density at radius 1 is 0.680 bits per heavy atom. The van der Waals surface area contributed by atoms with Crippen LogP contribution in [0.3, 0.4) is 0 Å². The summed E-state index contributed by atoms with van der Waals surface area (Å²) in [6.45, 7) is 2.15. The van der Waals surface area contributed by atoms with Gasteiger partial charge in [0, 0.05) is 0 Å². The van der Waals surface area contributed by atoms with Crippen molar-refractivity contribution >= 4 is 10.8 Å². The first-order valence-electron chi connectivity index (χ1n) is 8.49. The highest BCUT2D eigenvalue weighted by Crippen LogP contribution is 2.38. The Morgan fingerprint density at radius 2 is 1.40 bits per heavy atom. The Labute approximate surface area is 148 Å². The molecule has 1 nitrogen and oxygen atoms in total. The number of hydrogen-bond acceptors (Lipinski definition) is 1. The fraction of sp³-hybridized carbons (Fsp3) is 0.0833. The fourth-order valence-corrected chi connectivity index (χ4v) is 3.36. The maximum Gasteiger partial charge on any atom is 0.118 e. The summed E-state index contributed by atoms with van der Waals surface area (Å²) in [6, 6.07) is 30.0. The number of methoxy groups -OCH3 is 1. The second-order valence-electron chi connectivity index (χ2n) is 6.31. The third kappa shape index (κ3) is 2.89. The molecule has 4 rings (SSSR count). The van der Waals surface area contributed by atoms with Gasteiger partial charge in [-0.2, -0.15) is 0 Å². The smallest absolute Gasteiger partial charge is 0.118 e. The molecular formula is C24H20O. The van der Waals surface area contributed by atoms with E-state index in [-0.39, 0.29) is 0 Å². The predicted octanol–water partition coefficient (Wildman–Crippen LogP) is 6.49. The molecule has 0 aliphatic carbocycles. The van der Waals surface area contributed by atoms with Gasteiger partial charge >= 0.3 is 0 Å². The minimum absolute atomic E-state index is 0.876. The van der Waals surface area contributed by atoms with Crippen LogP contribution in [0.25, 0.3) is 33.0 Å². The summed E-state index contributed by atoms with van der Waals surface area (Å²) in [4.78, 5) is 0. The van der Waals surface area contributed by atoms with E-state index in [1.165, 1.54) is 38.6 Å². The molecule has 0 bridgehead atoms. The van der Waals surface area contributed by atoms with Gasteiger partial charge in [0.25, 0.3) is 0 Å². The fourth-order valence-electron chi connectivity index (χ4n) is 3.36. The van der Waals surface area contributed by atoms with Crippen LogP contribution in [0, 0.1) is 6.92 Å². The number of rotatable bonds is 3. The summed E-state index contributed by atoms with van der Waals surface area (Å²) < 4.78 is 5.33. The van der Waals surface area contributed by atoms with E-state index in [2.05, 4.69) is 79.7 Å². The van der Waals surface area contributed by atoms with Crippen LogP contribution in [0.2, 0.25) is 0 Å². The lowest BCUT2D eigenvalue weighted by Gasteiger charge is -2.15. The van der Waals surface area contributed by atoms with E-state index >= 15 is 0 Å². The van der Waals surface area contributed by atoms with Crippen molar-refractivity contribution in [3.8, 4) is 28.0 Å². The highest BCUT2D eigenvalue weighted by atomic mass is 16.5. The summed E-state index contributed by atoms with van der Waals surface area (Å²) in [5, 5.41) is 2.54. The molecule has 25 heavy (non-hydrogen) atoms. The molecule has 0 fully saturated rings. The van der Waals surface area contributed by atoms with Gasteiger partial charge in [-0.3, -0.25) is 0 Å². The third-order valence-corrected chi connectivity index (χ3v) is 4.64. The molecule has 0 N–H and O–H groups in total. The van der Waals surface area contributed by atoms with Gasteiger partial charge in [0.15, 0.2) is 0 Å². The van der Waals surface area contributed by atoms with Gasteiger partial charge in [-0.1, -0.05) is 78.4 Å². The second kappa shape index (κ2) is 6.45. The van der Waals surface area contributed by atoms with Crippen molar-refractivity contribution in [2.24, 2.45) is 0 Å². The first-order valence-corrected chi connectivity index (χ1v) is 8.49. The molecule has 0 aliphatic rings. The van der Waals surface area contributed by atoms with Crippen molar-refractivity contribution in [3.63, 3.8) is 0 Å². The van der Waals surface area contributed by atoms with E-state index < -0.39 is 0 Å². The summed E-state index contributed by atoms with van der Waals surface area (Å²) in [5.41, 5.74) is 6.24. The van der Waals surface area contributed by atoms with Crippen molar-refractivity contribution in [1.82, 2.24) is 0 Å². The third-order valence-electron chi connectivity index (χ3n) is 4.64. The lowest BCUT2D eigenvalue weighted by atomic mass is 9.89. The molecule has 0 aliphatic heterocycles. The van der Waals surface area contributed by atoms with Crippen molar-refractivity contribution in [3.05, 3.63) is 90.5 Å². The molecule has 1 heteroatoms. The molecule has 0 amide bonds. The van der Waals surface area contributed by atoms with Gasteiger partial charge in [-0.25, -0.2) is 0 Å². The van der Waals surface area contributed by atoms with Crippen molar-refractivity contribution in [1.29, 1.82) is 0 Å². The molecular weight excluding hydrogens is 304 g/mol.